The van der Waals surface area contributed by atoms with Gasteiger partial charge >= 0.3 is 0 Å². The molecule has 0 aliphatic rings. The average molecular weight is 274 g/mol. The zero-order valence-electron chi connectivity index (χ0n) is 10.6. The van der Waals surface area contributed by atoms with Crippen LogP contribution in [0.1, 0.15) is 11.1 Å². The third-order valence-corrected chi connectivity index (χ3v) is 2.60. The molecule has 0 radical (unpaired) electrons. The van der Waals surface area contributed by atoms with E-state index in [1.807, 2.05) is 0 Å². The Morgan fingerprint density at radius 3 is 2.70 bits per heavy atom. The van der Waals surface area contributed by atoms with Crippen molar-refractivity contribution >= 4 is 0 Å². The summed E-state index contributed by atoms with van der Waals surface area (Å²) in [4.78, 5) is 0. The van der Waals surface area contributed by atoms with Gasteiger partial charge in [-0.3, -0.25) is 0 Å². The Morgan fingerprint density at radius 1 is 1.10 bits per heavy atom. The van der Waals surface area contributed by atoms with Crippen molar-refractivity contribution in [2.75, 3.05) is 6.61 Å². The quantitative estimate of drug-likeness (QED) is 0.872. The van der Waals surface area contributed by atoms with Crippen LogP contribution < -0.4 is 4.74 Å². The summed E-state index contributed by atoms with van der Waals surface area (Å²) in [6, 6.07) is 10.2. The van der Waals surface area contributed by atoms with Crippen LogP contribution in [-0.2, 0) is 6.61 Å². The summed E-state index contributed by atoms with van der Waals surface area (Å²) in [5, 5.41) is 8.70. The van der Waals surface area contributed by atoms with Crippen molar-refractivity contribution < 1.29 is 18.6 Å². The number of benzene rings is 2. The van der Waals surface area contributed by atoms with Gasteiger partial charge < -0.3 is 9.84 Å². The summed E-state index contributed by atoms with van der Waals surface area (Å²) < 4.78 is 31.7. The maximum Gasteiger partial charge on any atom is 0.165 e. The molecule has 2 nitrogen and oxygen atoms in total. The van der Waals surface area contributed by atoms with Crippen LogP contribution in [0.5, 0.6) is 5.75 Å². The maximum absolute atomic E-state index is 13.4. The van der Waals surface area contributed by atoms with Crippen molar-refractivity contribution in [1.29, 1.82) is 0 Å². The molecular formula is C16H12F2O2. The molecule has 0 aliphatic heterocycles. The molecule has 0 fully saturated rings. The maximum atomic E-state index is 13.4. The van der Waals surface area contributed by atoms with Crippen molar-refractivity contribution in [3.63, 3.8) is 0 Å². The topological polar surface area (TPSA) is 29.5 Å². The molecule has 0 saturated carbocycles. The Hall–Kier alpha value is -2.38. The van der Waals surface area contributed by atoms with Gasteiger partial charge in [0.05, 0.1) is 0 Å². The van der Waals surface area contributed by atoms with Crippen molar-refractivity contribution in [2.24, 2.45) is 0 Å². The summed E-state index contributed by atoms with van der Waals surface area (Å²) in [6.45, 7) is -0.176. The molecule has 0 aliphatic carbocycles. The highest BCUT2D eigenvalue weighted by atomic mass is 19.1. The van der Waals surface area contributed by atoms with Crippen LogP contribution in [0.15, 0.2) is 42.5 Å². The number of aliphatic hydroxyl groups excluding tert-OH is 1. The van der Waals surface area contributed by atoms with Crippen LogP contribution in [0, 0.1) is 23.5 Å². The second kappa shape index (κ2) is 6.69. The Kier molecular flexibility index (Phi) is 4.70. The van der Waals surface area contributed by atoms with E-state index in [1.54, 1.807) is 24.3 Å². The lowest BCUT2D eigenvalue weighted by molar-refractivity contribution is 0.288. The van der Waals surface area contributed by atoms with E-state index >= 15 is 0 Å². The second-order valence-electron chi connectivity index (χ2n) is 3.98. The fraction of sp³-hybridized carbons (Fsp3) is 0.125. The van der Waals surface area contributed by atoms with Crippen LogP contribution >= 0.6 is 0 Å². The van der Waals surface area contributed by atoms with E-state index in [2.05, 4.69) is 11.8 Å². The summed E-state index contributed by atoms with van der Waals surface area (Å²) in [5.41, 5.74) is 1.41. The van der Waals surface area contributed by atoms with Gasteiger partial charge in [0.2, 0.25) is 0 Å². The van der Waals surface area contributed by atoms with Gasteiger partial charge in [0, 0.05) is 17.2 Å². The molecule has 4 heteroatoms. The number of hydrogen-bond donors (Lipinski definition) is 1. The van der Waals surface area contributed by atoms with Gasteiger partial charge in [-0.1, -0.05) is 30.0 Å². The molecule has 2 aromatic rings. The lowest BCUT2D eigenvalue weighted by atomic mass is 10.1. The highest BCUT2D eigenvalue weighted by molar-refractivity contribution is 5.41. The van der Waals surface area contributed by atoms with Gasteiger partial charge in [-0.2, -0.15) is 0 Å². The van der Waals surface area contributed by atoms with Crippen LogP contribution in [0.3, 0.4) is 0 Å². The summed E-state index contributed by atoms with van der Waals surface area (Å²) in [5.74, 6) is 3.99. The van der Waals surface area contributed by atoms with Crippen molar-refractivity contribution in [1.82, 2.24) is 0 Å². The average Bonchev–Trinajstić information content (AvgIpc) is 2.47. The van der Waals surface area contributed by atoms with Crippen LogP contribution in [-0.4, -0.2) is 11.7 Å². The van der Waals surface area contributed by atoms with E-state index in [9.17, 15) is 8.78 Å². The molecule has 2 rings (SSSR count). The molecule has 0 amide bonds. The molecule has 1 N–H and O–H groups in total. The third-order valence-electron chi connectivity index (χ3n) is 2.60. The molecule has 20 heavy (non-hydrogen) atoms. The lowest BCUT2D eigenvalue weighted by Crippen LogP contribution is -2.00. The van der Waals surface area contributed by atoms with E-state index in [1.165, 1.54) is 0 Å². The first kappa shape index (κ1) is 14.0. The van der Waals surface area contributed by atoms with E-state index in [0.29, 0.717) is 5.56 Å². The predicted molar refractivity (Wildman–Crippen MR) is 71.1 cm³/mol. The molecule has 0 saturated heterocycles. The van der Waals surface area contributed by atoms with Crippen LogP contribution in [0.25, 0.3) is 0 Å². The summed E-state index contributed by atoms with van der Waals surface area (Å²) in [6.07, 6.45) is 0. The SMILES string of the molecule is OCC#Cc1ccccc1COc1cc(F)ccc1F. The predicted octanol–water partition coefficient (Wildman–Crippen LogP) is 2.89. The molecule has 0 bridgehead atoms. The van der Waals surface area contributed by atoms with Gasteiger partial charge in [-0.15, -0.1) is 0 Å². The number of ether oxygens (including phenoxy) is 1. The fourth-order valence-corrected chi connectivity index (χ4v) is 1.65. The number of halogens is 2. The minimum Gasteiger partial charge on any atom is -0.486 e. The van der Waals surface area contributed by atoms with Crippen molar-refractivity contribution in [2.45, 2.75) is 6.61 Å². The second-order valence-corrected chi connectivity index (χ2v) is 3.98. The summed E-state index contributed by atoms with van der Waals surface area (Å²) >= 11 is 0. The Bertz CT molecular complexity index is 657. The Morgan fingerprint density at radius 2 is 1.90 bits per heavy atom. The molecule has 102 valence electrons. The fourth-order valence-electron chi connectivity index (χ4n) is 1.65. The van der Waals surface area contributed by atoms with Crippen molar-refractivity contribution in [3.05, 3.63) is 65.2 Å². The molecule has 0 atom stereocenters. The highest BCUT2D eigenvalue weighted by Crippen LogP contribution is 2.20. The lowest BCUT2D eigenvalue weighted by Gasteiger charge is -2.09. The number of hydrogen-bond acceptors (Lipinski definition) is 2. The molecule has 0 spiro atoms. The zero-order chi connectivity index (χ0) is 14.4. The minimum absolute atomic E-state index is 0.0661. The van der Waals surface area contributed by atoms with Gasteiger partial charge in [0.15, 0.2) is 11.6 Å². The first-order valence-corrected chi connectivity index (χ1v) is 5.96. The first-order chi connectivity index (χ1) is 9.70. The van der Waals surface area contributed by atoms with Gasteiger partial charge in [0.25, 0.3) is 0 Å². The van der Waals surface area contributed by atoms with E-state index in [-0.39, 0.29) is 19.0 Å². The molecule has 2 aromatic carbocycles. The highest BCUT2D eigenvalue weighted by Gasteiger charge is 2.06. The normalized spacial score (nSPS) is 9.75. The minimum atomic E-state index is -0.620. The Balaban J connectivity index is 2.17. The molecular weight excluding hydrogens is 262 g/mol. The van der Waals surface area contributed by atoms with Crippen LogP contribution in [0.4, 0.5) is 8.78 Å². The standard InChI is InChI=1S/C16H12F2O2/c17-14-7-8-15(18)16(10-14)20-11-13-5-2-1-4-12(13)6-3-9-19/h1-2,4-5,7-8,10,19H,9,11H2. The molecule has 0 aromatic heterocycles. The monoisotopic (exact) mass is 274 g/mol. The molecule has 0 heterocycles. The van der Waals surface area contributed by atoms with E-state index < -0.39 is 11.6 Å². The molecule has 0 unspecified atom stereocenters. The van der Waals surface area contributed by atoms with Gasteiger partial charge in [0.1, 0.15) is 19.0 Å². The van der Waals surface area contributed by atoms with E-state index in [0.717, 1.165) is 23.8 Å². The number of rotatable bonds is 3. The largest absolute Gasteiger partial charge is 0.486 e. The summed E-state index contributed by atoms with van der Waals surface area (Å²) in [7, 11) is 0. The van der Waals surface area contributed by atoms with Crippen molar-refractivity contribution in [3.8, 4) is 17.6 Å². The zero-order valence-corrected chi connectivity index (χ0v) is 10.6. The smallest absolute Gasteiger partial charge is 0.165 e. The number of aliphatic hydroxyl groups is 1. The first-order valence-electron chi connectivity index (χ1n) is 5.96. The third kappa shape index (κ3) is 3.56. The van der Waals surface area contributed by atoms with Crippen LogP contribution in [0.2, 0.25) is 0 Å². The Labute approximate surface area is 115 Å². The van der Waals surface area contributed by atoms with E-state index in [4.69, 9.17) is 9.84 Å². The van der Waals surface area contributed by atoms with Gasteiger partial charge in [-0.05, 0) is 18.2 Å². The van der Waals surface area contributed by atoms with Gasteiger partial charge in [-0.25, -0.2) is 8.78 Å².